The largest absolute Gasteiger partial charge is 0.468 e. The highest BCUT2D eigenvalue weighted by molar-refractivity contribution is 5.03. The van der Waals surface area contributed by atoms with Gasteiger partial charge in [0, 0.05) is 12.1 Å². The minimum absolute atomic E-state index is 0.287. The van der Waals surface area contributed by atoms with E-state index in [4.69, 9.17) is 10.2 Å². The van der Waals surface area contributed by atoms with E-state index in [2.05, 4.69) is 12.2 Å². The number of nitrogens with two attached hydrogens (primary N) is 1. The number of hydrogen-bond acceptors (Lipinski definition) is 3. The fourth-order valence-electron chi connectivity index (χ4n) is 2.35. The van der Waals surface area contributed by atoms with Crippen molar-refractivity contribution in [2.24, 2.45) is 5.73 Å². The lowest BCUT2D eigenvalue weighted by molar-refractivity contribution is 0.302. The van der Waals surface area contributed by atoms with Crippen molar-refractivity contribution in [1.82, 2.24) is 5.32 Å². The maximum atomic E-state index is 5.96. The smallest absolute Gasteiger partial charge is 0.120 e. The molecule has 0 amide bonds. The monoisotopic (exact) mass is 208 g/mol. The third-order valence-electron chi connectivity index (χ3n) is 3.17. The molecule has 1 aromatic rings. The van der Waals surface area contributed by atoms with Crippen LogP contribution in [0.2, 0.25) is 0 Å². The minimum Gasteiger partial charge on any atom is -0.468 e. The highest BCUT2D eigenvalue weighted by Gasteiger charge is 2.21. The van der Waals surface area contributed by atoms with Crippen LogP contribution in [0.1, 0.15) is 44.4 Å². The van der Waals surface area contributed by atoms with E-state index in [0.717, 1.165) is 12.2 Å². The van der Waals surface area contributed by atoms with E-state index in [1.807, 2.05) is 12.1 Å². The summed E-state index contributed by atoms with van der Waals surface area (Å²) in [6.07, 6.45) is 6.46. The molecule has 0 bridgehead atoms. The quantitative estimate of drug-likeness (QED) is 0.800. The minimum atomic E-state index is 0.287. The van der Waals surface area contributed by atoms with Gasteiger partial charge in [0.15, 0.2) is 0 Å². The average Bonchev–Trinajstić information content (AvgIpc) is 2.70. The molecule has 0 spiro atoms. The van der Waals surface area contributed by atoms with Crippen LogP contribution in [0.25, 0.3) is 0 Å². The molecule has 1 aromatic heterocycles. The van der Waals surface area contributed by atoms with E-state index in [9.17, 15) is 0 Å². The van der Waals surface area contributed by atoms with Crippen molar-refractivity contribution >= 4 is 0 Å². The van der Waals surface area contributed by atoms with Gasteiger partial charge in [0.25, 0.3) is 0 Å². The Morgan fingerprint density at radius 1 is 1.53 bits per heavy atom. The first-order valence-electron chi connectivity index (χ1n) is 5.80. The first-order valence-corrected chi connectivity index (χ1v) is 5.80. The van der Waals surface area contributed by atoms with E-state index in [-0.39, 0.29) is 6.04 Å². The highest BCUT2D eigenvalue weighted by atomic mass is 16.3. The molecular weight excluding hydrogens is 188 g/mol. The fourth-order valence-corrected chi connectivity index (χ4v) is 2.35. The molecule has 1 aliphatic carbocycles. The van der Waals surface area contributed by atoms with Crippen LogP contribution in [0.3, 0.4) is 0 Å². The van der Waals surface area contributed by atoms with Gasteiger partial charge < -0.3 is 15.5 Å². The molecule has 0 saturated heterocycles. The zero-order chi connectivity index (χ0) is 10.7. The molecular formula is C12H20N2O. The number of hydrogen-bond donors (Lipinski definition) is 2. The standard InChI is InChI=1S/C12H20N2O/c1-9(12-6-3-7-15-12)14-11-5-2-4-10(13)8-11/h3,6-7,9-11,14H,2,4-5,8,13H2,1H3/t9-,10?,11?/m1/s1. The maximum Gasteiger partial charge on any atom is 0.120 e. The molecule has 84 valence electrons. The molecule has 0 aromatic carbocycles. The van der Waals surface area contributed by atoms with E-state index in [1.54, 1.807) is 6.26 Å². The van der Waals surface area contributed by atoms with E-state index < -0.39 is 0 Å². The summed E-state index contributed by atoms with van der Waals surface area (Å²) in [6, 6.07) is 5.16. The molecule has 1 aliphatic rings. The predicted octanol–water partition coefficient (Wildman–Crippen LogP) is 2.20. The van der Waals surface area contributed by atoms with Crippen molar-refractivity contribution in [3.63, 3.8) is 0 Å². The van der Waals surface area contributed by atoms with Crippen LogP contribution in [0.5, 0.6) is 0 Å². The molecule has 3 nitrogen and oxygen atoms in total. The molecule has 3 N–H and O–H groups in total. The Morgan fingerprint density at radius 3 is 3.07 bits per heavy atom. The Balaban J connectivity index is 1.86. The van der Waals surface area contributed by atoms with Crippen molar-refractivity contribution in [2.45, 2.75) is 50.7 Å². The van der Waals surface area contributed by atoms with Crippen LogP contribution in [0.15, 0.2) is 22.8 Å². The van der Waals surface area contributed by atoms with Gasteiger partial charge in [0.05, 0.1) is 12.3 Å². The van der Waals surface area contributed by atoms with E-state index in [0.29, 0.717) is 12.1 Å². The Morgan fingerprint density at radius 2 is 2.40 bits per heavy atom. The van der Waals surface area contributed by atoms with Gasteiger partial charge in [-0.3, -0.25) is 0 Å². The van der Waals surface area contributed by atoms with Crippen molar-refractivity contribution in [1.29, 1.82) is 0 Å². The Hall–Kier alpha value is -0.800. The van der Waals surface area contributed by atoms with Crippen molar-refractivity contribution in [3.8, 4) is 0 Å². The number of nitrogens with one attached hydrogen (secondary N) is 1. The summed E-state index contributed by atoms with van der Waals surface area (Å²) in [5, 5.41) is 3.58. The molecule has 0 radical (unpaired) electrons. The summed E-state index contributed by atoms with van der Waals surface area (Å²) < 4.78 is 5.37. The molecule has 2 unspecified atom stereocenters. The normalized spacial score (nSPS) is 28.9. The molecule has 3 atom stereocenters. The maximum absolute atomic E-state index is 5.96. The molecule has 2 rings (SSSR count). The van der Waals surface area contributed by atoms with E-state index >= 15 is 0 Å². The Bertz CT molecular complexity index is 284. The lowest BCUT2D eigenvalue weighted by atomic mass is 9.91. The SMILES string of the molecule is C[C@@H](NC1CCCC(N)C1)c1ccco1. The zero-order valence-electron chi connectivity index (χ0n) is 9.28. The summed E-state index contributed by atoms with van der Waals surface area (Å²) in [4.78, 5) is 0. The van der Waals surface area contributed by atoms with E-state index in [1.165, 1.54) is 19.3 Å². The average molecular weight is 208 g/mol. The second kappa shape index (κ2) is 4.81. The molecule has 1 fully saturated rings. The van der Waals surface area contributed by atoms with Crippen molar-refractivity contribution in [2.75, 3.05) is 0 Å². The van der Waals surface area contributed by atoms with Crippen LogP contribution in [0, 0.1) is 0 Å². The predicted molar refractivity (Wildman–Crippen MR) is 60.5 cm³/mol. The van der Waals surface area contributed by atoms with Gasteiger partial charge in [-0.15, -0.1) is 0 Å². The lowest BCUT2D eigenvalue weighted by Crippen LogP contribution is -2.40. The van der Waals surface area contributed by atoms with Gasteiger partial charge in [-0.2, -0.15) is 0 Å². The van der Waals surface area contributed by atoms with Crippen LogP contribution < -0.4 is 11.1 Å². The Labute approximate surface area is 91.0 Å². The van der Waals surface area contributed by atoms with Gasteiger partial charge >= 0.3 is 0 Å². The highest BCUT2D eigenvalue weighted by Crippen LogP contribution is 2.21. The Kier molecular flexibility index (Phi) is 3.44. The van der Waals surface area contributed by atoms with Crippen LogP contribution in [0.4, 0.5) is 0 Å². The molecule has 0 aliphatic heterocycles. The topological polar surface area (TPSA) is 51.2 Å². The lowest BCUT2D eigenvalue weighted by Gasteiger charge is -2.29. The first-order chi connectivity index (χ1) is 7.25. The molecule has 1 saturated carbocycles. The summed E-state index contributed by atoms with van der Waals surface area (Å²) in [5.41, 5.74) is 5.96. The van der Waals surface area contributed by atoms with Crippen LogP contribution in [-0.2, 0) is 0 Å². The van der Waals surface area contributed by atoms with Gasteiger partial charge in [-0.1, -0.05) is 6.42 Å². The van der Waals surface area contributed by atoms with Gasteiger partial charge in [0.1, 0.15) is 5.76 Å². The van der Waals surface area contributed by atoms with Gasteiger partial charge in [0.2, 0.25) is 0 Å². The second-order valence-corrected chi connectivity index (χ2v) is 4.53. The second-order valence-electron chi connectivity index (χ2n) is 4.53. The van der Waals surface area contributed by atoms with Gasteiger partial charge in [-0.25, -0.2) is 0 Å². The summed E-state index contributed by atoms with van der Waals surface area (Å²) in [7, 11) is 0. The fraction of sp³-hybridized carbons (Fsp3) is 0.667. The number of rotatable bonds is 3. The third-order valence-corrected chi connectivity index (χ3v) is 3.17. The summed E-state index contributed by atoms with van der Waals surface area (Å²) >= 11 is 0. The first kappa shape index (κ1) is 10.7. The molecule has 3 heteroatoms. The molecule has 15 heavy (non-hydrogen) atoms. The summed E-state index contributed by atoms with van der Waals surface area (Å²) in [5.74, 6) is 1.01. The van der Waals surface area contributed by atoms with Crippen molar-refractivity contribution in [3.05, 3.63) is 24.2 Å². The number of furan rings is 1. The van der Waals surface area contributed by atoms with Gasteiger partial charge in [-0.05, 0) is 38.3 Å². The third kappa shape index (κ3) is 2.83. The van der Waals surface area contributed by atoms with Crippen molar-refractivity contribution < 1.29 is 4.42 Å². The van der Waals surface area contributed by atoms with Crippen LogP contribution >= 0.6 is 0 Å². The summed E-state index contributed by atoms with van der Waals surface area (Å²) in [6.45, 7) is 2.14. The molecule has 1 heterocycles. The van der Waals surface area contributed by atoms with Crippen LogP contribution in [-0.4, -0.2) is 12.1 Å². The zero-order valence-corrected chi connectivity index (χ0v) is 9.28.